The maximum absolute atomic E-state index is 12.2. The minimum absolute atomic E-state index is 0.0482. The number of pyridine rings is 1. The summed E-state index contributed by atoms with van der Waals surface area (Å²) in [5, 5.41) is 11.8. The van der Waals surface area contributed by atoms with Crippen LogP contribution in [0.5, 0.6) is 0 Å². The summed E-state index contributed by atoms with van der Waals surface area (Å²) >= 11 is 0. The Kier molecular flexibility index (Phi) is 4.01. The first-order valence-corrected chi connectivity index (χ1v) is 7.22. The van der Waals surface area contributed by atoms with Crippen LogP contribution in [0.25, 0.3) is 11.1 Å². The molecule has 1 aromatic heterocycles. The molecule has 5 nitrogen and oxygen atoms in total. The van der Waals surface area contributed by atoms with Gasteiger partial charge in [-0.05, 0) is 41.8 Å². The van der Waals surface area contributed by atoms with Crippen LogP contribution < -0.4 is 5.32 Å². The fourth-order valence-corrected chi connectivity index (χ4v) is 2.60. The second kappa shape index (κ2) is 6.27. The van der Waals surface area contributed by atoms with E-state index >= 15 is 0 Å². The maximum atomic E-state index is 12.2. The summed E-state index contributed by atoms with van der Waals surface area (Å²) in [6.45, 7) is 1.31. The summed E-state index contributed by atoms with van der Waals surface area (Å²) in [4.78, 5) is 17.9. The third kappa shape index (κ3) is 3.07. The molecule has 1 N–H and O–H groups in total. The first-order chi connectivity index (χ1) is 10.8. The Bertz CT molecular complexity index is 691. The number of carbonyl (C=O) groups is 1. The molecule has 1 atom stereocenters. The highest BCUT2D eigenvalue weighted by Gasteiger charge is 2.23. The van der Waals surface area contributed by atoms with Crippen molar-refractivity contribution in [2.75, 3.05) is 13.1 Å². The number of nitriles is 1. The topological polar surface area (TPSA) is 69.0 Å². The van der Waals surface area contributed by atoms with Crippen LogP contribution in [0.1, 0.15) is 16.8 Å². The van der Waals surface area contributed by atoms with Crippen LogP contribution in [-0.4, -0.2) is 34.9 Å². The highest BCUT2D eigenvalue weighted by Crippen LogP contribution is 2.19. The zero-order valence-corrected chi connectivity index (χ0v) is 12.1. The number of nitrogens with one attached hydrogen (secondary N) is 1. The molecular weight excluding hydrogens is 276 g/mol. The lowest BCUT2D eigenvalue weighted by Crippen LogP contribution is -2.36. The van der Waals surface area contributed by atoms with E-state index in [-0.39, 0.29) is 11.9 Å². The molecule has 0 aliphatic carbocycles. The molecule has 1 aromatic carbocycles. The summed E-state index contributed by atoms with van der Waals surface area (Å²) < 4.78 is 0. The summed E-state index contributed by atoms with van der Waals surface area (Å²) in [5.41, 5.74) is 2.76. The summed E-state index contributed by atoms with van der Waals surface area (Å²) in [5.74, 6) is -0.0916. The standard InChI is InChI=1S/C17H16N4O/c18-12-21-10-7-16(11-21)20-17(22)15-3-1-13(2-4-15)14-5-8-19-9-6-14/h1-6,8-9,16H,7,10-11H2,(H,20,22)/t16-/m0/s1. The number of nitrogens with zero attached hydrogens (tertiary/aromatic N) is 3. The van der Waals surface area contributed by atoms with Gasteiger partial charge >= 0.3 is 0 Å². The Morgan fingerprint density at radius 3 is 2.50 bits per heavy atom. The van der Waals surface area contributed by atoms with Crippen molar-refractivity contribution in [3.63, 3.8) is 0 Å². The van der Waals surface area contributed by atoms with Crippen molar-refractivity contribution >= 4 is 5.91 Å². The molecule has 0 bridgehead atoms. The highest BCUT2D eigenvalue weighted by molar-refractivity contribution is 5.94. The van der Waals surface area contributed by atoms with Gasteiger partial charge < -0.3 is 10.2 Å². The van der Waals surface area contributed by atoms with Gasteiger partial charge in [0.2, 0.25) is 0 Å². The summed E-state index contributed by atoms with van der Waals surface area (Å²) in [7, 11) is 0. The number of likely N-dealkylation sites (tertiary alicyclic amines) is 1. The molecule has 3 rings (SSSR count). The number of carbonyl (C=O) groups excluding carboxylic acids is 1. The molecule has 0 saturated carbocycles. The largest absolute Gasteiger partial charge is 0.347 e. The molecule has 2 heterocycles. The monoisotopic (exact) mass is 292 g/mol. The molecule has 0 spiro atoms. The van der Waals surface area contributed by atoms with Gasteiger partial charge in [0.1, 0.15) is 0 Å². The van der Waals surface area contributed by atoms with E-state index in [0.717, 1.165) is 17.5 Å². The van der Waals surface area contributed by atoms with Crippen LogP contribution in [0.2, 0.25) is 0 Å². The van der Waals surface area contributed by atoms with Crippen LogP contribution >= 0.6 is 0 Å². The molecule has 1 aliphatic rings. The van der Waals surface area contributed by atoms with Crippen molar-refractivity contribution in [1.29, 1.82) is 5.26 Å². The summed E-state index contributed by atoms with van der Waals surface area (Å²) in [6.07, 6.45) is 6.42. The fraction of sp³-hybridized carbons (Fsp3) is 0.235. The second-order valence-electron chi connectivity index (χ2n) is 5.32. The van der Waals surface area contributed by atoms with E-state index < -0.39 is 0 Å². The lowest BCUT2D eigenvalue weighted by Gasteiger charge is -2.12. The van der Waals surface area contributed by atoms with E-state index in [1.54, 1.807) is 17.3 Å². The van der Waals surface area contributed by atoms with E-state index in [2.05, 4.69) is 16.5 Å². The third-order valence-electron chi connectivity index (χ3n) is 3.83. The van der Waals surface area contributed by atoms with Gasteiger partial charge in [-0.1, -0.05) is 12.1 Å². The Balaban J connectivity index is 1.66. The van der Waals surface area contributed by atoms with Crippen molar-refractivity contribution in [1.82, 2.24) is 15.2 Å². The molecule has 0 radical (unpaired) electrons. The van der Waals surface area contributed by atoms with E-state index in [4.69, 9.17) is 5.26 Å². The second-order valence-corrected chi connectivity index (χ2v) is 5.32. The van der Waals surface area contributed by atoms with Crippen molar-refractivity contribution in [2.24, 2.45) is 0 Å². The van der Waals surface area contributed by atoms with Crippen molar-refractivity contribution in [3.8, 4) is 17.3 Å². The van der Waals surface area contributed by atoms with Crippen LogP contribution in [0.3, 0.4) is 0 Å². The first kappa shape index (κ1) is 14.1. The van der Waals surface area contributed by atoms with Crippen LogP contribution in [0.4, 0.5) is 0 Å². The van der Waals surface area contributed by atoms with Gasteiger partial charge in [0.15, 0.2) is 6.19 Å². The van der Waals surface area contributed by atoms with E-state index in [1.807, 2.05) is 36.4 Å². The summed E-state index contributed by atoms with van der Waals surface area (Å²) in [6, 6.07) is 11.4. The van der Waals surface area contributed by atoms with Crippen molar-refractivity contribution in [3.05, 3.63) is 54.4 Å². The Morgan fingerprint density at radius 2 is 1.86 bits per heavy atom. The predicted molar refractivity (Wildman–Crippen MR) is 82.7 cm³/mol. The molecule has 5 heteroatoms. The van der Waals surface area contributed by atoms with Gasteiger partial charge in [-0.3, -0.25) is 9.78 Å². The van der Waals surface area contributed by atoms with Crippen molar-refractivity contribution < 1.29 is 4.79 Å². The lowest BCUT2D eigenvalue weighted by atomic mass is 10.0. The lowest BCUT2D eigenvalue weighted by molar-refractivity contribution is 0.0939. The fourth-order valence-electron chi connectivity index (χ4n) is 2.60. The molecule has 22 heavy (non-hydrogen) atoms. The molecule has 1 saturated heterocycles. The molecule has 2 aromatic rings. The number of amides is 1. The van der Waals surface area contributed by atoms with E-state index in [9.17, 15) is 4.79 Å². The SMILES string of the molecule is N#CN1CC[C@H](NC(=O)c2ccc(-c3ccncc3)cc2)C1. The number of aromatic nitrogens is 1. The number of hydrogen-bond acceptors (Lipinski definition) is 4. The van der Waals surface area contributed by atoms with Gasteiger partial charge in [-0.2, -0.15) is 5.26 Å². The molecule has 110 valence electrons. The normalized spacial score (nSPS) is 17.0. The minimum Gasteiger partial charge on any atom is -0.347 e. The smallest absolute Gasteiger partial charge is 0.251 e. The Labute approximate surface area is 129 Å². The van der Waals surface area contributed by atoms with Gasteiger partial charge in [0, 0.05) is 37.1 Å². The average molecular weight is 292 g/mol. The molecular formula is C17H16N4O. The maximum Gasteiger partial charge on any atom is 0.251 e. The predicted octanol–water partition coefficient (Wildman–Crippen LogP) is 2.03. The first-order valence-electron chi connectivity index (χ1n) is 7.22. The van der Waals surface area contributed by atoms with E-state index in [1.165, 1.54) is 0 Å². The Morgan fingerprint density at radius 1 is 1.18 bits per heavy atom. The molecule has 0 unspecified atom stereocenters. The molecule has 1 amide bonds. The number of benzene rings is 1. The van der Waals surface area contributed by atoms with E-state index in [0.29, 0.717) is 18.7 Å². The van der Waals surface area contributed by atoms with Gasteiger partial charge in [0.05, 0.1) is 0 Å². The van der Waals surface area contributed by atoms with Gasteiger partial charge in [-0.15, -0.1) is 0 Å². The van der Waals surface area contributed by atoms with Gasteiger partial charge in [0.25, 0.3) is 5.91 Å². The Hall–Kier alpha value is -2.87. The van der Waals surface area contributed by atoms with Crippen molar-refractivity contribution in [2.45, 2.75) is 12.5 Å². The average Bonchev–Trinajstić information content (AvgIpc) is 3.03. The number of hydrogen-bond donors (Lipinski definition) is 1. The minimum atomic E-state index is -0.0916. The molecule has 1 fully saturated rings. The zero-order valence-electron chi connectivity index (χ0n) is 12.1. The van der Waals surface area contributed by atoms with Gasteiger partial charge in [-0.25, -0.2) is 0 Å². The molecule has 1 aliphatic heterocycles. The zero-order chi connectivity index (χ0) is 15.4. The highest BCUT2D eigenvalue weighted by atomic mass is 16.1. The van der Waals surface area contributed by atoms with Crippen LogP contribution in [0, 0.1) is 11.5 Å². The quantitative estimate of drug-likeness (QED) is 0.879. The number of rotatable bonds is 3. The van der Waals surface area contributed by atoms with Crippen LogP contribution in [-0.2, 0) is 0 Å². The third-order valence-corrected chi connectivity index (χ3v) is 3.83. The van der Waals surface area contributed by atoms with Crippen LogP contribution in [0.15, 0.2) is 48.8 Å².